The Morgan fingerprint density at radius 2 is 1.63 bits per heavy atom. The van der Waals surface area contributed by atoms with E-state index in [1.165, 1.54) is 12.3 Å². The number of fused-ring (bicyclic) bond motifs is 1. The summed E-state index contributed by atoms with van der Waals surface area (Å²) >= 11 is 5.86. The van der Waals surface area contributed by atoms with Gasteiger partial charge in [0.05, 0.1) is 18.3 Å². The van der Waals surface area contributed by atoms with Crippen molar-refractivity contribution in [3.63, 3.8) is 0 Å². The van der Waals surface area contributed by atoms with E-state index in [9.17, 15) is 14.4 Å². The quantitative estimate of drug-likeness (QED) is 0.173. The molecule has 0 bridgehead atoms. The molecule has 0 spiro atoms. The number of hydrazone groups is 1. The minimum absolute atomic E-state index is 0.244. The van der Waals surface area contributed by atoms with Crippen molar-refractivity contribution in [1.82, 2.24) is 10.7 Å². The van der Waals surface area contributed by atoms with Crippen molar-refractivity contribution < 1.29 is 19.1 Å². The molecule has 0 aliphatic carbocycles. The second-order valence-corrected chi connectivity index (χ2v) is 7.91. The largest absolute Gasteiger partial charge is 0.423 e. The summed E-state index contributed by atoms with van der Waals surface area (Å²) in [6.07, 6.45) is 1.44. The highest BCUT2D eigenvalue weighted by molar-refractivity contribution is 6.31. The lowest BCUT2D eigenvalue weighted by Gasteiger charge is -2.07. The van der Waals surface area contributed by atoms with E-state index >= 15 is 0 Å². The number of halogens is 1. The van der Waals surface area contributed by atoms with Crippen molar-refractivity contribution >= 4 is 46.4 Å². The highest BCUT2D eigenvalue weighted by Crippen LogP contribution is 2.21. The Kier molecular flexibility index (Phi) is 7.50. The van der Waals surface area contributed by atoms with Gasteiger partial charge >= 0.3 is 5.97 Å². The first-order valence-electron chi connectivity index (χ1n) is 10.7. The number of benzene rings is 4. The lowest BCUT2D eigenvalue weighted by Crippen LogP contribution is -2.34. The van der Waals surface area contributed by atoms with Crippen LogP contribution in [0.15, 0.2) is 96.1 Å². The topological polar surface area (TPSA) is 96.9 Å². The molecule has 0 unspecified atom stereocenters. The van der Waals surface area contributed by atoms with Crippen LogP contribution in [-0.2, 0) is 4.79 Å². The molecule has 0 heterocycles. The fourth-order valence-corrected chi connectivity index (χ4v) is 3.49. The molecule has 2 amide bonds. The predicted octanol–water partition coefficient (Wildman–Crippen LogP) is 4.59. The average Bonchev–Trinajstić information content (AvgIpc) is 2.88. The molecule has 0 aliphatic heterocycles. The van der Waals surface area contributed by atoms with Crippen molar-refractivity contribution in [3.05, 3.63) is 113 Å². The van der Waals surface area contributed by atoms with Gasteiger partial charge in [0.2, 0.25) is 0 Å². The van der Waals surface area contributed by atoms with E-state index in [4.69, 9.17) is 16.3 Å². The standard InChI is InChI=1S/C27H20ClN3O4/c28-21-8-3-7-20(15-21)26(33)29-17-25(32)31-30-16-18-11-13-22(14-12-18)35-27(34)24-10-4-6-19-5-1-2-9-23(19)24/h1-16H,17H2,(H,29,33)(H,31,32). The summed E-state index contributed by atoms with van der Waals surface area (Å²) in [7, 11) is 0. The Morgan fingerprint density at radius 1 is 0.886 bits per heavy atom. The van der Waals surface area contributed by atoms with Crippen LogP contribution in [0.5, 0.6) is 5.75 Å². The number of hydrogen-bond donors (Lipinski definition) is 2. The van der Waals surface area contributed by atoms with Gasteiger partial charge in [-0.2, -0.15) is 5.10 Å². The molecular weight excluding hydrogens is 466 g/mol. The first-order valence-corrected chi connectivity index (χ1v) is 11.0. The van der Waals surface area contributed by atoms with Gasteiger partial charge in [-0.25, -0.2) is 10.2 Å². The summed E-state index contributed by atoms with van der Waals surface area (Å²) in [4.78, 5) is 36.6. The van der Waals surface area contributed by atoms with E-state index in [1.807, 2.05) is 36.4 Å². The van der Waals surface area contributed by atoms with Crippen molar-refractivity contribution in [3.8, 4) is 5.75 Å². The second-order valence-electron chi connectivity index (χ2n) is 7.47. The number of hydrogen-bond acceptors (Lipinski definition) is 5. The maximum Gasteiger partial charge on any atom is 0.344 e. The second kappa shape index (κ2) is 11.1. The molecule has 0 atom stereocenters. The highest BCUT2D eigenvalue weighted by Gasteiger charge is 2.12. The van der Waals surface area contributed by atoms with Crippen molar-refractivity contribution in [2.24, 2.45) is 5.10 Å². The van der Waals surface area contributed by atoms with E-state index in [1.54, 1.807) is 48.5 Å². The fourth-order valence-electron chi connectivity index (χ4n) is 3.30. The number of nitrogens with one attached hydrogen (secondary N) is 2. The van der Waals surface area contributed by atoms with E-state index in [-0.39, 0.29) is 6.54 Å². The summed E-state index contributed by atoms with van der Waals surface area (Å²) < 4.78 is 5.50. The summed E-state index contributed by atoms with van der Waals surface area (Å²) in [5.74, 6) is -0.972. The molecule has 0 aromatic heterocycles. The number of rotatable bonds is 7. The van der Waals surface area contributed by atoms with Crippen LogP contribution < -0.4 is 15.5 Å². The van der Waals surface area contributed by atoms with Gasteiger partial charge in [-0.15, -0.1) is 0 Å². The molecule has 174 valence electrons. The van der Waals surface area contributed by atoms with Gasteiger partial charge in [-0.3, -0.25) is 9.59 Å². The molecule has 4 aromatic carbocycles. The van der Waals surface area contributed by atoms with Gasteiger partial charge in [-0.05, 0) is 64.9 Å². The number of carbonyl (C=O) groups is 3. The predicted molar refractivity (Wildman–Crippen MR) is 135 cm³/mol. The molecule has 2 N–H and O–H groups in total. The van der Waals surface area contributed by atoms with Crippen molar-refractivity contribution in [2.75, 3.05) is 6.54 Å². The Bertz CT molecular complexity index is 1410. The number of amides is 2. The summed E-state index contributed by atoms with van der Waals surface area (Å²) in [5.41, 5.74) is 3.86. The molecule has 8 heteroatoms. The maximum atomic E-state index is 12.6. The maximum absolute atomic E-state index is 12.6. The molecule has 35 heavy (non-hydrogen) atoms. The fraction of sp³-hybridized carbons (Fsp3) is 0.0370. The van der Waals surface area contributed by atoms with Gasteiger partial charge in [-0.1, -0.05) is 54.1 Å². The normalized spacial score (nSPS) is 10.8. The molecular formula is C27H20ClN3O4. The smallest absolute Gasteiger partial charge is 0.344 e. The average molecular weight is 486 g/mol. The van der Waals surface area contributed by atoms with Crippen molar-refractivity contribution in [1.29, 1.82) is 0 Å². The molecule has 0 aliphatic rings. The van der Waals surface area contributed by atoms with Crippen LogP contribution in [0.1, 0.15) is 26.3 Å². The monoisotopic (exact) mass is 485 g/mol. The third-order valence-electron chi connectivity index (χ3n) is 5.00. The summed E-state index contributed by atoms with van der Waals surface area (Å²) in [6, 6.07) is 26.2. The minimum atomic E-state index is -0.489. The number of nitrogens with zero attached hydrogens (tertiary/aromatic N) is 1. The highest BCUT2D eigenvalue weighted by atomic mass is 35.5. The van der Waals surface area contributed by atoms with Crippen LogP contribution in [0.4, 0.5) is 0 Å². The van der Waals surface area contributed by atoms with Gasteiger partial charge in [0.1, 0.15) is 5.75 Å². The zero-order valence-corrected chi connectivity index (χ0v) is 19.2. The van der Waals surface area contributed by atoms with Crippen LogP contribution in [0.3, 0.4) is 0 Å². The molecule has 0 fully saturated rings. The van der Waals surface area contributed by atoms with Crippen LogP contribution in [0.2, 0.25) is 5.02 Å². The lowest BCUT2D eigenvalue weighted by molar-refractivity contribution is -0.120. The Morgan fingerprint density at radius 3 is 2.43 bits per heavy atom. The SMILES string of the molecule is O=C(CNC(=O)c1cccc(Cl)c1)NN=Cc1ccc(OC(=O)c2cccc3ccccc23)cc1. The first-order chi connectivity index (χ1) is 17.0. The zero-order valence-electron chi connectivity index (χ0n) is 18.4. The number of carbonyl (C=O) groups excluding carboxylic acids is 3. The molecule has 0 radical (unpaired) electrons. The molecule has 4 aromatic rings. The van der Waals surface area contributed by atoms with E-state index in [0.29, 0.717) is 27.5 Å². The molecule has 7 nitrogen and oxygen atoms in total. The van der Waals surface area contributed by atoms with Gasteiger partial charge in [0.15, 0.2) is 0 Å². The first kappa shape index (κ1) is 23.7. The van der Waals surface area contributed by atoms with Crippen LogP contribution in [0.25, 0.3) is 10.8 Å². The van der Waals surface area contributed by atoms with E-state index in [0.717, 1.165) is 10.8 Å². The Hall–Kier alpha value is -4.49. The van der Waals surface area contributed by atoms with Crippen molar-refractivity contribution in [2.45, 2.75) is 0 Å². The number of ether oxygens (including phenoxy) is 1. The lowest BCUT2D eigenvalue weighted by atomic mass is 10.0. The van der Waals surface area contributed by atoms with Gasteiger partial charge in [0.25, 0.3) is 11.8 Å². The summed E-state index contributed by atoms with van der Waals surface area (Å²) in [5, 5.41) is 8.58. The zero-order chi connectivity index (χ0) is 24.6. The van der Waals surface area contributed by atoms with Gasteiger partial charge in [0, 0.05) is 10.6 Å². The van der Waals surface area contributed by atoms with E-state index in [2.05, 4.69) is 15.8 Å². The minimum Gasteiger partial charge on any atom is -0.423 e. The Balaban J connectivity index is 1.28. The van der Waals surface area contributed by atoms with Crippen LogP contribution in [-0.4, -0.2) is 30.5 Å². The van der Waals surface area contributed by atoms with Crippen LogP contribution in [0, 0.1) is 0 Å². The van der Waals surface area contributed by atoms with E-state index < -0.39 is 17.8 Å². The third kappa shape index (κ3) is 6.31. The molecule has 0 saturated carbocycles. The van der Waals surface area contributed by atoms with Crippen LogP contribution >= 0.6 is 11.6 Å². The van der Waals surface area contributed by atoms with Gasteiger partial charge < -0.3 is 10.1 Å². The third-order valence-corrected chi connectivity index (χ3v) is 5.23. The molecule has 0 saturated heterocycles. The summed E-state index contributed by atoms with van der Waals surface area (Å²) in [6.45, 7) is -0.244. The molecule has 4 rings (SSSR count). The number of esters is 1. The Labute approximate surface area is 206 Å².